The summed E-state index contributed by atoms with van der Waals surface area (Å²) in [5, 5.41) is 20.2. The third kappa shape index (κ3) is 3.34. The van der Waals surface area contributed by atoms with Gasteiger partial charge < -0.3 is 5.32 Å². The minimum Gasteiger partial charge on any atom is -0.324 e. The number of imide groups is 1. The first kappa shape index (κ1) is 21.8. The third-order valence-electron chi connectivity index (χ3n) is 6.30. The second kappa shape index (κ2) is 8.07. The number of aryl methyl sites for hydroxylation is 1. The number of nitro benzene ring substituents is 1. The van der Waals surface area contributed by atoms with E-state index in [9.17, 15) is 24.5 Å². The highest BCUT2D eigenvalue weighted by atomic mass is 35.5. The lowest BCUT2D eigenvalue weighted by molar-refractivity contribution is -0.384. The minimum absolute atomic E-state index is 0.142. The molecule has 0 bridgehead atoms. The van der Waals surface area contributed by atoms with Crippen molar-refractivity contribution >= 4 is 52.6 Å². The molecule has 0 unspecified atom stereocenters. The van der Waals surface area contributed by atoms with Crippen molar-refractivity contribution in [2.24, 2.45) is 16.9 Å². The molecule has 2 aromatic rings. The number of non-ortho nitro benzene ring substituents is 1. The van der Waals surface area contributed by atoms with E-state index in [0.717, 1.165) is 4.90 Å². The summed E-state index contributed by atoms with van der Waals surface area (Å²) in [6, 6.07) is 8.88. The highest BCUT2D eigenvalue weighted by molar-refractivity contribution is 6.30. The highest BCUT2D eigenvalue weighted by Gasteiger charge is 2.64. The molecule has 0 aliphatic carbocycles. The van der Waals surface area contributed by atoms with Gasteiger partial charge in [-0.05, 0) is 48.9 Å². The van der Waals surface area contributed by atoms with Crippen LogP contribution in [-0.4, -0.2) is 46.0 Å². The summed E-state index contributed by atoms with van der Waals surface area (Å²) < 4.78 is 0. The van der Waals surface area contributed by atoms with Gasteiger partial charge >= 0.3 is 0 Å². The lowest BCUT2D eigenvalue weighted by Gasteiger charge is -2.30. The highest BCUT2D eigenvalue weighted by Crippen LogP contribution is 2.46. The smallest absolute Gasteiger partial charge is 0.269 e. The molecule has 0 radical (unpaired) electrons. The molecule has 3 heterocycles. The molecule has 34 heavy (non-hydrogen) atoms. The van der Waals surface area contributed by atoms with Crippen molar-refractivity contribution < 1.29 is 19.3 Å². The van der Waals surface area contributed by atoms with Crippen LogP contribution in [0.5, 0.6) is 0 Å². The van der Waals surface area contributed by atoms with E-state index in [1.165, 1.54) is 29.4 Å². The predicted octanol–water partition coefficient (Wildman–Crippen LogP) is 2.91. The Kier molecular flexibility index (Phi) is 5.17. The Morgan fingerprint density at radius 1 is 1.12 bits per heavy atom. The van der Waals surface area contributed by atoms with Gasteiger partial charge in [-0.2, -0.15) is 5.10 Å². The van der Waals surface area contributed by atoms with Crippen molar-refractivity contribution in [1.29, 1.82) is 0 Å². The zero-order chi connectivity index (χ0) is 24.1. The summed E-state index contributed by atoms with van der Waals surface area (Å²) in [5.74, 6) is -3.28. The molecule has 0 aromatic heterocycles. The zero-order valence-electron chi connectivity index (χ0n) is 17.8. The van der Waals surface area contributed by atoms with E-state index in [1.807, 2.05) is 0 Å². The van der Waals surface area contributed by atoms with Crippen LogP contribution in [0.3, 0.4) is 0 Å². The van der Waals surface area contributed by atoms with Crippen LogP contribution in [0.4, 0.5) is 17.1 Å². The topological polar surface area (TPSA) is 125 Å². The number of hydrogen-bond acceptors (Lipinski definition) is 7. The van der Waals surface area contributed by atoms with Crippen molar-refractivity contribution in [3.63, 3.8) is 0 Å². The average molecular weight is 480 g/mol. The number of halogens is 1. The summed E-state index contributed by atoms with van der Waals surface area (Å²) in [5.41, 5.74) is 1.02. The summed E-state index contributed by atoms with van der Waals surface area (Å²) in [6.07, 6.45) is 4.93. The summed E-state index contributed by atoms with van der Waals surface area (Å²) in [4.78, 5) is 52.0. The Hall–Kier alpha value is -4.05. The quantitative estimate of drug-likeness (QED) is 0.408. The number of hydrazone groups is 1. The van der Waals surface area contributed by atoms with Crippen LogP contribution < -0.4 is 10.2 Å². The molecule has 2 fully saturated rings. The van der Waals surface area contributed by atoms with Crippen molar-refractivity contribution in [2.75, 3.05) is 10.2 Å². The first-order chi connectivity index (χ1) is 16.3. The number of nitrogens with one attached hydrogen (secondary N) is 1. The summed E-state index contributed by atoms with van der Waals surface area (Å²) >= 11 is 5.92. The second-order valence-corrected chi connectivity index (χ2v) is 8.69. The molecule has 3 aliphatic rings. The van der Waals surface area contributed by atoms with Gasteiger partial charge in [0.25, 0.3) is 5.69 Å². The molecule has 172 valence electrons. The lowest BCUT2D eigenvalue weighted by Crippen LogP contribution is -2.47. The van der Waals surface area contributed by atoms with Crippen molar-refractivity contribution in [1.82, 2.24) is 5.01 Å². The number of fused-ring (bicyclic) bond motifs is 3. The second-order valence-electron chi connectivity index (χ2n) is 8.25. The Morgan fingerprint density at radius 2 is 1.82 bits per heavy atom. The van der Waals surface area contributed by atoms with E-state index in [4.69, 9.17) is 11.6 Å². The Labute approximate surface area is 198 Å². The number of anilines is 2. The molecule has 2 aromatic carbocycles. The molecular formula is C23H18ClN5O5. The molecule has 5 rings (SSSR count). The number of nitrogens with zero attached hydrogens (tertiary/aromatic N) is 4. The Balaban J connectivity index is 1.51. The fourth-order valence-electron chi connectivity index (χ4n) is 4.83. The van der Waals surface area contributed by atoms with Gasteiger partial charge in [0.1, 0.15) is 6.04 Å². The number of allylic oxidation sites excluding steroid dienone is 1. The van der Waals surface area contributed by atoms with Crippen molar-refractivity contribution in [3.8, 4) is 0 Å². The number of hydrogen-bond donors (Lipinski definition) is 1. The molecule has 0 spiro atoms. The zero-order valence-corrected chi connectivity index (χ0v) is 18.5. The molecule has 3 amide bonds. The Bertz CT molecular complexity index is 1290. The van der Waals surface area contributed by atoms with E-state index in [1.54, 1.807) is 43.3 Å². The molecule has 4 atom stereocenters. The SMILES string of the molecule is Cc1cc([N+](=O)[O-])ccc1N1C(=O)[C@@H]2[C@H](C1=O)[C@H]1C=CC=NN1[C@@H]2C(=O)Nc1ccc(Cl)cc1. The van der Waals surface area contributed by atoms with E-state index in [2.05, 4.69) is 10.4 Å². The van der Waals surface area contributed by atoms with Gasteiger partial charge in [-0.3, -0.25) is 29.5 Å². The van der Waals surface area contributed by atoms with Crippen LogP contribution in [0, 0.1) is 28.9 Å². The van der Waals surface area contributed by atoms with Crippen LogP contribution in [-0.2, 0) is 14.4 Å². The van der Waals surface area contributed by atoms with Crippen LogP contribution in [0.25, 0.3) is 0 Å². The number of nitro groups is 1. The van der Waals surface area contributed by atoms with E-state index in [0.29, 0.717) is 16.3 Å². The van der Waals surface area contributed by atoms with Gasteiger partial charge in [0.2, 0.25) is 17.7 Å². The Morgan fingerprint density at radius 3 is 2.50 bits per heavy atom. The van der Waals surface area contributed by atoms with Crippen LogP contribution in [0.2, 0.25) is 5.02 Å². The third-order valence-corrected chi connectivity index (χ3v) is 6.56. The maximum Gasteiger partial charge on any atom is 0.269 e. The van der Waals surface area contributed by atoms with Crippen LogP contribution in [0.15, 0.2) is 59.7 Å². The number of carbonyl (C=O) groups excluding carboxylic acids is 3. The minimum atomic E-state index is -1.02. The van der Waals surface area contributed by atoms with Crippen LogP contribution in [0.1, 0.15) is 5.56 Å². The van der Waals surface area contributed by atoms with Gasteiger partial charge in [-0.15, -0.1) is 0 Å². The average Bonchev–Trinajstić information content (AvgIpc) is 3.28. The number of carbonyl (C=O) groups is 3. The van der Waals surface area contributed by atoms with Crippen molar-refractivity contribution in [3.05, 3.63) is 75.3 Å². The van der Waals surface area contributed by atoms with Gasteiger partial charge in [-0.1, -0.05) is 17.7 Å². The normalized spacial score (nSPS) is 24.9. The maximum atomic E-state index is 13.6. The molecule has 3 aliphatic heterocycles. The lowest BCUT2D eigenvalue weighted by atomic mass is 9.88. The number of benzene rings is 2. The molecule has 11 heteroatoms. The number of amides is 3. The molecule has 2 saturated heterocycles. The van der Waals surface area contributed by atoms with Gasteiger partial charge in [0.05, 0.1) is 28.5 Å². The van der Waals surface area contributed by atoms with E-state index >= 15 is 0 Å². The maximum absolute atomic E-state index is 13.6. The number of rotatable bonds is 4. The molecular weight excluding hydrogens is 462 g/mol. The van der Waals surface area contributed by atoms with Crippen molar-refractivity contribution in [2.45, 2.75) is 19.0 Å². The molecule has 10 nitrogen and oxygen atoms in total. The van der Waals surface area contributed by atoms with Gasteiger partial charge in [0.15, 0.2) is 0 Å². The first-order valence-corrected chi connectivity index (χ1v) is 10.8. The first-order valence-electron chi connectivity index (χ1n) is 10.5. The summed E-state index contributed by atoms with van der Waals surface area (Å²) in [7, 11) is 0. The molecule has 0 saturated carbocycles. The standard InChI is InChI=1S/C23H18ClN5O5/c1-12-11-15(29(33)34)8-9-16(12)27-22(31)18-17-3-2-10-25-28(17)20(19(18)23(27)32)21(30)26-14-6-4-13(24)5-7-14/h2-11,17-20H,1H3,(H,26,30)/t17-,18-,19-,20+/m1/s1. The predicted molar refractivity (Wildman–Crippen MR) is 124 cm³/mol. The largest absolute Gasteiger partial charge is 0.324 e. The molecule has 1 N–H and O–H groups in total. The monoisotopic (exact) mass is 479 g/mol. The van der Waals surface area contributed by atoms with E-state index < -0.39 is 46.6 Å². The van der Waals surface area contributed by atoms with Crippen LogP contribution >= 0.6 is 11.6 Å². The fraction of sp³-hybridized carbons (Fsp3) is 0.217. The fourth-order valence-corrected chi connectivity index (χ4v) is 4.95. The van der Waals surface area contributed by atoms with E-state index in [-0.39, 0.29) is 11.4 Å². The summed E-state index contributed by atoms with van der Waals surface area (Å²) in [6.45, 7) is 1.60. The van der Waals surface area contributed by atoms with Gasteiger partial charge in [-0.25, -0.2) is 4.90 Å². The van der Waals surface area contributed by atoms with Gasteiger partial charge in [0, 0.05) is 29.1 Å².